The summed E-state index contributed by atoms with van der Waals surface area (Å²) >= 11 is 1.31. The van der Waals surface area contributed by atoms with Gasteiger partial charge in [-0.2, -0.15) is 0 Å². The summed E-state index contributed by atoms with van der Waals surface area (Å²) in [6, 6.07) is 5.72. The maximum atomic E-state index is 6.94. The Morgan fingerprint density at radius 2 is 1.50 bits per heavy atom. The average molecular weight is 171 g/mol. The molecule has 1 heterocycles. The number of rotatable bonds is 0. The van der Waals surface area contributed by atoms with Crippen molar-refractivity contribution in [3.8, 4) is 0 Å². The molecule has 1 aromatic rings. The third kappa shape index (κ3) is 3.84. The minimum atomic E-state index is 1.31. The molecule has 0 spiro atoms. The zero-order valence-corrected chi connectivity index (χ0v) is 6.10. The molecule has 1 rings (SSSR count). The Morgan fingerprint density at radius 3 is 1.62 bits per heavy atom. The van der Waals surface area contributed by atoms with Crippen molar-refractivity contribution in [2.24, 2.45) is 0 Å². The van der Waals surface area contributed by atoms with Gasteiger partial charge in [0.2, 0.25) is 0 Å². The molecule has 0 unspecified atom stereocenters. The van der Waals surface area contributed by atoms with Crippen LogP contribution in [-0.2, 0) is 0 Å². The molecule has 42 valence electrons. The topological polar surface area (TPSA) is 33.1 Å². The van der Waals surface area contributed by atoms with Crippen molar-refractivity contribution < 1.29 is 4.10 Å². The van der Waals surface area contributed by atoms with Crippen LogP contribution in [0.5, 0.6) is 0 Å². The van der Waals surface area contributed by atoms with Gasteiger partial charge in [-0.1, -0.05) is 6.07 Å². The van der Waals surface area contributed by atoms with Gasteiger partial charge >= 0.3 is 21.3 Å². The Bertz CT molecular complexity index is 84.4. The summed E-state index contributed by atoms with van der Waals surface area (Å²) in [6.45, 7) is 0. The Labute approximate surface area is 57.4 Å². The normalized spacial score (nSPS) is 6.75. The quantitative estimate of drug-likeness (QED) is 0.563. The molecule has 0 saturated carbocycles. The fourth-order valence-electron chi connectivity index (χ4n) is 0.313. The van der Waals surface area contributed by atoms with Crippen LogP contribution in [0.3, 0.4) is 0 Å². The minimum absolute atomic E-state index is 1.31. The second kappa shape index (κ2) is 6.67. The second-order valence-electron chi connectivity index (χ2n) is 1.02. The summed E-state index contributed by atoms with van der Waals surface area (Å²) in [5.41, 5.74) is 0. The third-order valence-corrected chi connectivity index (χ3v) is 0.566. The number of hydrogen-bond acceptors (Lipinski definition) is 2. The standard InChI is InChI=1S/C5H5N.AsHO/c1-2-4-6-5-3-1;1-2/h1-5H;2H. The molecule has 0 aliphatic carbocycles. The molecule has 0 atom stereocenters. The van der Waals surface area contributed by atoms with E-state index in [1.165, 1.54) is 17.2 Å². The first-order valence-electron chi connectivity index (χ1n) is 2.05. The molecule has 0 aliphatic heterocycles. The van der Waals surface area contributed by atoms with E-state index in [0.717, 1.165) is 0 Å². The Hall–Kier alpha value is -0.332. The van der Waals surface area contributed by atoms with Crippen LogP contribution in [0.1, 0.15) is 0 Å². The first-order chi connectivity index (χ1) is 4.00. The summed E-state index contributed by atoms with van der Waals surface area (Å²) < 4.78 is 6.94. The molecule has 0 saturated heterocycles. The van der Waals surface area contributed by atoms with Crippen LogP contribution >= 0.6 is 0 Å². The fraction of sp³-hybridized carbons (Fsp3) is 0. The van der Waals surface area contributed by atoms with Gasteiger partial charge in [-0.25, -0.2) is 0 Å². The van der Waals surface area contributed by atoms with Gasteiger partial charge < -0.3 is 0 Å². The van der Waals surface area contributed by atoms with Gasteiger partial charge in [0.05, 0.1) is 0 Å². The molecular formula is C5H6AsNO. The summed E-state index contributed by atoms with van der Waals surface area (Å²) in [7, 11) is 0. The predicted octanol–water partition coefficient (Wildman–Crippen LogP) is 0.144. The van der Waals surface area contributed by atoms with Crippen molar-refractivity contribution in [1.82, 2.24) is 4.98 Å². The number of aromatic nitrogens is 1. The van der Waals surface area contributed by atoms with Gasteiger partial charge in [-0.15, -0.1) is 0 Å². The van der Waals surface area contributed by atoms with Gasteiger partial charge in [0.15, 0.2) is 0 Å². The zero-order valence-electron chi connectivity index (χ0n) is 4.23. The van der Waals surface area contributed by atoms with Gasteiger partial charge in [-0.3, -0.25) is 4.98 Å². The second-order valence-corrected chi connectivity index (χ2v) is 1.02. The number of pyridine rings is 1. The van der Waals surface area contributed by atoms with E-state index in [9.17, 15) is 0 Å². The van der Waals surface area contributed by atoms with Crippen molar-refractivity contribution in [3.63, 3.8) is 0 Å². The van der Waals surface area contributed by atoms with E-state index >= 15 is 0 Å². The molecule has 8 heavy (non-hydrogen) atoms. The third-order valence-electron chi connectivity index (χ3n) is 0.566. The van der Waals surface area contributed by atoms with Gasteiger partial charge in [0, 0.05) is 12.4 Å². The summed E-state index contributed by atoms with van der Waals surface area (Å²) in [5, 5.41) is 0. The summed E-state index contributed by atoms with van der Waals surface area (Å²) in [5.74, 6) is 0. The maximum Gasteiger partial charge on any atom is 0.0267 e. The number of nitrogens with zero attached hydrogens (tertiary/aromatic N) is 1. The first kappa shape index (κ1) is 7.67. The predicted molar refractivity (Wildman–Crippen MR) is 32.2 cm³/mol. The van der Waals surface area contributed by atoms with Gasteiger partial charge in [0.25, 0.3) is 0 Å². The maximum absolute atomic E-state index is 6.94. The van der Waals surface area contributed by atoms with E-state index in [-0.39, 0.29) is 0 Å². The first-order valence-corrected chi connectivity index (χ1v) is 2.89. The fourth-order valence-corrected chi connectivity index (χ4v) is 0.313. The van der Waals surface area contributed by atoms with Gasteiger partial charge in [0.1, 0.15) is 0 Å². The van der Waals surface area contributed by atoms with Gasteiger partial charge in [-0.05, 0) is 12.1 Å². The monoisotopic (exact) mass is 171 g/mol. The van der Waals surface area contributed by atoms with Crippen molar-refractivity contribution in [1.29, 1.82) is 0 Å². The molecule has 0 aliphatic rings. The molecule has 1 aromatic heterocycles. The average Bonchev–Trinajstić information content (AvgIpc) is 1.96. The number of hydrogen-bond donors (Lipinski definition) is 1. The van der Waals surface area contributed by atoms with Crippen LogP contribution in [0, 0.1) is 0 Å². The van der Waals surface area contributed by atoms with Crippen LogP contribution in [0.15, 0.2) is 30.6 Å². The Morgan fingerprint density at radius 1 is 1.00 bits per heavy atom. The van der Waals surface area contributed by atoms with E-state index in [1.54, 1.807) is 12.4 Å². The van der Waals surface area contributed by atoms with Crippen molar-refractivity contribution in [2.75, 3.05) is 0 Å². The van der Waals surface area contributed by atoms with Crippen LogP contribution < -0.4 is 0 Å². The van der Waals surface area contributed by atoms with Crippen molar-refractivity contribution >= 4 is 17.2 Å². The van der Waals surface area contributed by atoms with E-state index in [4.69, 9.17) is 4.10 Å². The van der Waals surface area contributed by atoms with Crippen LogP contribution in [0.25, 0.3) is 0 Å². The summed E-state index contributed by atoms with van der Waals surface area (Å²) in [6.07, 6.45) is 3.50. The molecule has 0 bridgehead atoms. The van der Waals surface area contributed by atoms with Crippen molar-refractivity contribution in [2.45, 2.75) is 0 Å². The smallest absolute Gasteiger partial charge is 0.0267 e. The van der Waals surface area contributed by atoms with E-state index < -0.39 is 0 Å². The molecule has 2 nitrogen and oxygen atoms in total. The van der Waals surface area contributed by atoms with E-state index in [0.29, 0.717) is 0 Å². The van der Waals surface area contributed by atoms with Crippen LogP contribution in [0.4, 0.5) is 0 Å². The SMILES string of the molecule is O[As].c1ccncc1. The molecular weight excluding hydrogens is 165 g/mol. The molecule has 2 radical (unpaired) electrons. The largest absolute Gasteiger partial charge is 0.265 e. The molecule has 0 amide bonds. The minimum Gasteiger partial charge on any atom is -0.265 e. The Kier molecular flexibility index (Phi) is 6.39. The van der Waals surface area contributed by atoms with Crippen molar-refractivity contribution in [3.05, 3.63) is 30.6 Å². The Balaban J connectivity index is 0.000000222. The van der Waals surface area contributed by atoms with E-state index in [2.05, 4.69) is 4.98 Å². The summed E-state index contributed by atoms with van der Waals surface area (Å²) in [4.78, 5) is 3.78. The molecule has 3 heteroatoms. The zero-order chi connectivity index (χ0) is 6.24. The van der Waals surface area contributed by atoms with Crippen LogP contribution in [-0.4, -0.2) is 26.3 Å². The molecule has 0 fully saturated rings. The molecule has 1 N–H and O–H groups in total. The molecule has 0 aromatic carbocycles. The van der Waals surface area contributed by atoms with Crippen LogP contribution in [0.2, 0.25) is 0 Å². The van der Waals surface area contributed by atoms with E-state index in [1.807, 2.05) is 18.2 Å².